The summed E-state index contributed by atoms with van der Waals surface area (Å²) in [5.74, 6) is 0. The van der Waals surface area contributed by atoms with Gasteiger partial charge in [-0.25, -0.2) is 0 Å². The van der Waals surface area contributed by atoms with Gasteiger partial charge in [-0.15, -0.1) is 0 Å². The van der Waals surface area contributed by atoms with Crippen molar-refractivity contribution < 1.29 is 0 Å². The van der Waals surface area contributed by atoms with E-state index in [0.717, 1.165) is 5.69 Å². The first-order valence-corrected chi connectivity index (χ1v) is 8.09. The zero-order chi connectivity index (χ0) is 16.2. The van der Waals surface area contributed by atoms with Crippen LogP contribution in [-0.2, 0) is 5.41 Å². The Morgan fingerprint density at radius 3 is 1.29 bits per heavy atom. The molecule has 1 N–H and O–H groups in total. The Morgan fingerprint density at radius 1 is 0.542 bits per heavy atom. The standard InChI is InChI=1S/C22H18N2/c1-4-10-18(11-5-1)22(21-16-17-23-24-21,19-12-6-2-7-13-19)20-14-8-3-9-15-20/h1-17H,(H,23,24). The van der Waals surface area contributed by atoms with Crippen LogP contribution in [0, 0.1) is 0 Å². The lowest BCUT2D eigenvalue weighted by molar-refractivity contribution is 0.708. The van der Waals surface area contributed by atoms with Gasteiger partial charge in [-0.2, -0.15) is 5.10 Å². The summed E-state index contributed by atoms with van der Waals surface area (Å²) < 4.78 is 0. The molecule has 0 aliphatic rings. The lowest BCUT2D eigenvalue weighted by Crippen LogP contribution is -2.31. The number of aromatic nitrogens is 2. The Morgan fingerprint density at radius 2 is 0.958 bits per heavy atom. The molecule has 24 heavy (non-hydrogen) atoms. The fourth-order valence-corrected chi connectivity index (χ4v) is 3.50. The van der Waals surface area contributed by atoms with E-state index in [0.29, 0.717) is 0 Å². The van der Waals surface area contributed by atoms with Crippen molar-refractivity contribution in [3.8, 4) is 0 Å². The highest BCUT2D eigenvalue weighted by atomic mass is 15.1. The second kappa shape index (κ2) is 6.17. The van der Waals surface area contributed by atoms with Gasteiger partial charge in [-0.1, -0.05) is 91.0 Å². The molecule has 116 valence electrons. The van der Waals surface area contributed by atoms with Gasteiger partial charge in [0, 0.05) is 6.20 Å². The van der Waals surface area contributed by atoms with Gasteiger partial charge < -0.3 is 0 Å². The van der Waals surface area contributed by atoms with E-state index in [2.05, 4.69) is 107 Å². The van der Waals surface area contributed by atoms with Crippen molar-refractivity contribution in [2.45, 2.75) is 5.41 Å². The third-order valence-electron chi connectivity index (χ3n) is 4.53. The van der Waals surface area contributed by atoms with Crippen molar-refractivity contribution in [2.24, 2.45) is 0 Å². The Labute approximate surface area is 141 Å². The monoisotopic (exact) mass is 310 g/mol. The van der Waals surface area contributed by atoms with Gasteiger partial charge in [0.2, 0.25) is 0 Å². The number of benzene rings is 3. The second-order valence-corrected chi connectivity index (χ2v) is 5.82. The molecule has 0 spiro atoms. The molecular formula is C22H18N2. The number of nitrogens with zero attached hydrogens (tertiary/aromatic N) is 1. The number of H-pyrrole nitrogens is 1. The first-order valence-electron chi connectivity index (χ1n) is 8.09. The van der Waals surface area contributed by atoms with Crippen LogP contribution < -0.4 is 0 Å². The maximum Gasteiger partial charge on any atom is 0.0868 e. The molecule has 4 aromatic rings. The largest absolute Gasteiger partial charge is 0.281 e. The summed E-state index contributed by atoms with van der Waals surface area (Å²) in [6.07, 6.45) is 1.82. The molecule has 3 aromatic carbocycles. The third kappa shape index (κ3) is 2.24. The molecule has 0 bridgehead atoms. The van der Waals surface area contributed by atoms with Gasteiger partial charge in [0.25, 0.3) is 0 Å². The van der Waals surface area contributed by atoms with E-state index in [1.54, 1.807) is 0 Å². The molecule has 0 radical (unpaired) electrons. The highest BCUT2D eigenvalue weighted by Crippen LogP contribution is 2.43. The summed E-state index contributed by atoms with van der Waals surface area (Å²) in [7, 11) is 0. The predicted molar refractivity (Wildman–Crippen MR) is 96.9 cm³/mol. The average Bonchev–Trinajstić information content (AvgIpc) is 3.20. The first kappa shape index (κ1) is 14.5. The maximum absolute atomic E-state index is 4.24. The highest BCUT2D eigenvalue weighted by molar-refractivity contribution is 5.57. The smallest absolute Gasteiger partial charge is 0.0868 e. The van der Waals surface area contributed by atoms with Gasteiger partial charge in [-0.3, -0.25) is 5.10 Å². The average molecular weight is 310 g/mol. The van der Waals surface area contributed by atoms with Crippen molar-refractivity contribution in [3.63, 3.8) is 0 Å². The van der Waals surface area contributed by atoms with Crippen LogP contribution in [0.4, 0.5) is 0 Å². The number of nitrogens with one attached hydrogen (secondary N) is 1. The normalized spacial score (nSPS) is 11.3. The number of rotatable bonds is 4. The van der Waals surface area contributed by atoms with Crippen molar-refractivity contribution in [3.05, 3.63) is 126 Å². The SMILES string of the molecule is c1ccc(C(c2ccccc2)(c2ccccc2)c2ccn[nH]2)cc1. The summed E-state index contributed by atoms with van der Waals surface area (Å²) in [6, 6.07) is 33.8. The van der Waals surface area contributed by atoms with Crippen LogP contribution in [0.25, 0.3) is 0 Å². The van der Waals surface area contributed by atoms with Crippen molar-refractivity contribution in [1.82, 2.24) is 10.2 Å². The van der Waals surface area contributed by atoms with E-state index in [4.69, 9.17) is 0 Å². The zero-order valence-corrected chi connectivity index (χ0v) is 13.3. The third-order valence-corrected chi connectivity index (χ3v) is 4.53. The summed E-state index contributed by atoms with van der Waals surface area (Å²) in [5.41, 5.74) is 4.29. The molecule has 0 atom stereocenters. The van der Waals surface area contributed by atoms with Gasteiger partial charge in [-0.05, 0) is 22.8 Å². The van der Waals surface area contributed by atoms with Crippen LogP contribution in [0.1, 0.15) is 22.4 Å². The minimum Gasteiger partial charge on any atom is -0.281 e. The molecule has 0 saturated heterocycles. The molecule has 0 amide bonds. The van der Waals surface area contributed by atoms with Crippen LogP contribution in [-0.4, -0.2) is 10.2 Å². The van der Waals surface area contributed by atoms with Crippen LogP contribution in [0.15, 0.2) is 103 Å². The lowest BCUT2D eigenvalue weighted by atomic mass is 9.67. The molecule has 0 saturated carbocycles. The number of hydrogen-bond acceptors (Lipinski definition) is 1. The van der Waals surface area contributed by atoms with Gasteiger partial charge in [0.05, 0.1) is 11.1 Å². The molecule has 1 aromatic heterocycles. The quantitative estimate of drug-likeness (QED) is 0.539. The van der Waals surface area contributed by atoms with E-state index in [1.807, 2.05) is 6.20 Å². The van der Waals surface area contributed by atoms with E-state index >= 15 is 0 Å². The van der Waals surface area contributed by atoms with Crippen LogP contribution in [0.5, 0.6) is 0 Å². The zero-order valence-electron chi connectivity index (χ0n) is 13.3. The summed E-state index contributed by atoms with van der Waals surface area (Å²) >= 11 is 0. The van der Waals surface area contributed by atoms with E-state index in [1.165, 1.54) is 16.7 Å². The topological polar surface area (TPSA) is 28.7 Å². The summed E-state index contributed by atoms with van der Waals surface area (Å²) in [5, 5.41) is 7.46. The molecule has 0 fully saturated rings. The fraction of sp³-hybridized carbons (Fsp3) is 0.0455. The molecule has 0 aliphatic heterocycles. The first-order chi connectivity index (χ1) is 11.9. The van der Waals surface area contributed by atoms with Gasteiger partial charge in [0.1, 0.15) is 0 Å². The van der Waals surface area contributed by atoms with Crippen molar-refractivity contribution >= 4 is 0 Å². The van der Waals surface area contributed by atoms with Crippen LogP contribution in [0.2, 0.25) is 0 Å². The van der Waals surface area contributed by atoms with E-state index in [-0.39, 0.29) is 0 Å². The van der Waals surface area contributed by atoms with Gasteiger partial charge >= 0.3 is 0 Å². The summed E-state index contributed by atoms with van der Waals surface area (Å²) in [4.78, 5) is 0. The predicted octanol–water partition coefficient (Wildman–Crippen LogP) is 4.79. The second-order valence-electron chi connectivity index (χ2n) is 5.82. The number of aromatic amines is 1. The Kier molecular flexibility index (Phi) is 3.72. The van der Waals surface area contributed by atoms with Crippen LogP contribution >= 0.6 is 0 Å². The highest BCUT2D eigenvalue weighted by Gasteiger charge is 2.39. The minimum atomic E-state index is -0.416. The van der Waals surface area contributed by atoms with E-state index < -0.39 is 5.41 Å². The van der Waals surface area contributed by atoms with Gasteiger partial charge in [0.15, 0.2) is 0 Å². The maximum atomic E-state index is 4.24. The van der Waals surface area contributed by atoms with Crippen molar-refractivity contribution in [2.75, 3.05) is 0 Å². The Bertz CT molecular complexity index is 786. The van der Waals surface area contributed by atoms with E-state index in [9.17, 15) is 0 Å². The minimum absolute atomic E-state index is 0.416. The number of hydrogen-bond donors (Lipinski definition) is 1. The van der Waals surface area contributed by atoms with Crippen LogP contribution in [0.3, 0.4) is 0 Å². The molecular weight excluding hydrogens is 292 g/mol. The lowest BCUT2D eigenvalue weighted by Gasteiger charge is -2.35. The fourth-order valence-electron chi connectivity index (χ4n) is 3.50. The molecule has 2 heteroatoms. The molecule has 0 aliphatic carbocycles. The molecule has 0 unspecified atom stereocenters. The molecule has 4 rings (SSSR count). The Hall–Kier alpha value is -3.13. The Balaban J connectivity index is 2.12. The molecule has 2 nitrogen and oxygen atoms in total. The molecule has 1 heterocycles. The summed E-state index contributed by atoms with van der Waals surface area (Å²) in [6.45, 7) is 0. The van der Waals surface area contributed by atoms with Crippen molar-refractivity contribution in [1.29, 1.82) is 0 Å².